The molecule has 0 unspecified atom stereocenters. The van der Waals surface area contributed by atoms with Gasteiger partial charge in [-0.3, -0.25) is 10.1 Å². The third kappa shape index (κ3) is 2.96. The Kier molecular flexibility index (Phi) is 3.78. The van der Waals surface area contributed by atoms with Gasteiger partial charge in [0.1, 0.15) is 0 Å². The van der Waals surface area contributed by atoms with Crippen LogP contribution in [0.1, 0.15) is 11.1 Å². The highest BCUT2D eigenvalue weighted by Crippen LogP contribution is 2.25. The largest absolute Gasteiger partial charge is 0.378 e. The lowest BCUT2D eigenvalue weighted by atomic mass is 10.3. The Hall–Kier alpha value is -1.66. The zero-order chi connectivity index (χ0) is 13.1. The van der Waals surface area contributed by atoms with Crippen LogP contribution in [0.3, 0.4) is 0 Å². The van der Waals surface area contributed by atoms with E-state index in [-0.39, 0.29) is 5.00 Å². The molecule has 2 aromatic rings. The summed E-state index contributed by atoms with van der Waals surface area (Å²) in [5.41, 5.74) is 2.58. The van der Waals surface area contributed by atoms with Crippen molar-refractivity contribution in [1.29, 1.82) is 0 Å². The maximum atomic E-state index is 10.6. The molecular formula is C11H10ClN3O2S. The number of aryl methyl sites for hydroxylation is 1. The van der Waals surface area contributed by atoms with Gasteiger partial charge in [0.25, 0.3) is 0 Å². The molecule has 0 saturated carbocycles. The molecule has 0 atom stereocenters. The lowest BCUT2D eigenvalue weighted by Crippen LogP contribution is -2.00. The molecule has 0 saturated heterocycles. The second kappa shape index (κ2) is 5.32. The molecule has 0 spiro atoms. The lowest BCUT2D eigenvalue weighted by molar-refractivity contribution is -0.380. The van der Waals surface area contributed by atoms with Crippen LogP contribution in [-0.4, -0.2) is 9.91 Å². The molecule has 5 nitrogen and oxygen atoms in total. The molecule has 0 aromatic carbocycles. The third-order valence-corrected chi connectivity index (χ3v) is 3.51. The molecule has 2 aromatic heterocycles. The van der Waals surface area contributed by atoms with Crippen LogP contribution >= 0.6 is 22.9 Å². The minimum absolute atomic E-state index is 0.139. The fraction of sp³-hybridized carbons (Fsp3) is 0.182. The standard InChI is InChI=1S/C11H10ClN3O2S/c1-7-2-9(11(12)14-4-7)13-5-8-3-10(15(16)17)18-6-8/h2-4,6,13H,5H2,1H3. The van der Waals surface area contributed by atoms with Crippen LogP contribution in [0.2, 0.25) is 5.15 Å². The molecular weight excluding hydrogens is 274 g/mol. The number of hydrogen-bond donors (Lipinski definition) is 1. The first kappa shape index (κ1) is 12.8. The van der Waals surface area contributed by atoms with Crippen LogP contribution in [0, 0.1) is 17.0 Å². The van der Waals surface area contributed by atoms with Gasteiger partial charge in [0, 0.05) is 24.2 Å². The van der Waals surface area contributed by atoms with Gasteiger partial charge in [-0.15, -0.1) is 0 Å². The molecule has 18 heavy (non-hydrogen) atoms. The maximum Gasteiger partial charge on any atom is 0.324 e. The molecule has 0 aliphatic rings. The van der Waals surface area contributed by atoms with E-state index in [0.717, 1.165) is 28.2 Å². The summed E-state index contributed by atoms with van der Waals surface area (Å²) in [7, 11) is 0. The number of nitro groups is 1. The lowest BCUT2D eigenvalue weighted by Gasteiger charge is -2.07. The summed E-state index contributed by atoms with van der Waals surface area (Å²) < 4.78 is 0. The van der Waals surface area contributed by atoms with E-state index < -0.39 is 4.92 Å². The van der Waals surface area contributed by atoms with Gasteiger partial charge in [-0.25, -0.2) is 4.98 Å². The minimum atomic E-state index is -0.393. The fourth-order valence-corrected chi connectivity index (χ4v) is 2.32. The van der Waals surface area contributed by atoms with E-state index in [2.05, 4.69) is 10.3 Å². The highest BCUT2D eigenvalue weighted by atomic mass is 35.5. The Bertz CT molecular complexity index is 585. The van der Waals surface area contributed by atoms with Gasteiger partial charge in [0.2, 0.25) is 0 Å². The van der Waals surface area contributed by atoms with Crippen molar-refractivity contribution in [3.63, 3.8) is 0 Å². The summed E-state index contributed by atoms with van der Waals surface area (Å²) in [6.45, 7) is 2.40. The number of anilines is 1. The molecule has 0 aliphatic carbocycles. The molecule has 0 fully saturated rings. The number of halogens is 1. The van der Waals surface area contributed by atoms with E-state index >= 15 is 0 Å². The average Bonchev–Trinajstić information content (AvgIpc) is 2.79. The van der Waals surface area contributed by atoms with Crippen LogP contribution < -0.4 is 5.32 Å². The highest BCUT2D eigenvalue weighted by Gasteiger charge is 2.09. The number of hydrogen-bond acceptors (Lipinski definition) is 5. The van der Waals surface area contributed by atoms with Crippen molar-refractivity contribution in [2.24, 2.45) is 0 Å². The summed E-state index contributed by atoms with van der Waals surface area (Å²) in [4.78, 5) is 14.2. The number of pyridine rings is 1. The fourth-order valence-electron chi connectivity index (χ4n) is 1.42. The first-order valence-corrected chi connectivity index (χ1v) is 6.40. The number of nitrogens with one attached hydrogen (secondary N) is 1. The van der Waals surface area contributed by atoms with Crippen LogP contribution in [0.25, 0.3) is 0 Å². The van der Waals surface area contributed by atoms with Crippen molar-refractivity contribution in [2.45, 2.75) is 13.5 Å². The van der Waals surface area contributed by atoms with Crippen molar-refractivity contribution in [1.82, 2.24) is 4.98 Å². The number of rotatable bonds is 4. The summed E-state index contributed by atoms with van der Waals surface area (Å²) in [6, 6.07) is 3.44. The van der Waals surface area contributed by atoms with Crippen molar-refractivity contribution in [3.8, 4) is 0 Å². The molecule has 7 heteroatoms. The van der Waals surface area contributed by atoms with Crippen LogP contribution in [0.15, 0.2) is 23.7 Å². The summed E-state index contributed by atoms with van der Waals surface area (Å²) in [5.74, 6) is 0. The summed E-state index contributed by atoms with van der Waals surface area (Å²) >= 11 is 7.05. The monoisotopic (exact) mass is 283 g/mol. The van der Waals surface area contributed by atoms with Crippen LogP contribution in [0.4, 0.5) is 10.7 Å². The van der Waals surface area contributed by atoms with Gasteiger partial charge in [0.05, 0.1) is 10.6 Å². The maximum absolute atomic E-state index is 10.6. The Morgan fingerprint density at radius 1 is 1.56 bits per heavy atom. The molecule has 0 radical (unpaired) electrons. The minimum Gasteiger partial charge on any atom is -0.378 e. The molecule has 0 bridgehead atoms. The number of thiophene rings is 1. The molecule has 1 N–H and O–H groups in total. The number of nitrogens with zero attached hydrogens (tertiary/aromatic N) is 2. The van der Waals surface area contributed by atoms with E-state index in [1.165, 1.54) is 0 Å². The van der Waals surface area contributed by atoms with Gasteiger partial charge in [-0.2, -0.15) is 0 Å². The Morgan fingerprint density at radius 2 is 2.33 bits per heavy atom. The third-order valence-electron chi connectivity index (χ3n) is 2.28. The predicted octanol–water partition coefficient (Wildman–Crippen LogP) is 3.63. The zero-order valence-electron chi connectivity index (χ0n) is 9.51. The SMILES string of the molecule is Cc1cnc(Cl)c(NCc2csc([N+](=O)[O-])c2)c1. The molecule has 0 aliphatic heterocycles. The van der Waals surface area contributed by atoms with Crippen LogP contribution in [0.5, 0.6) is 0 Å². The van der Waals surface area contributed by atoms with E-state index in [1.807, 2.05) is 13.0 Å². The predicted molar refractivity (Wildman–Crippen MR) is 72.3 cm³/mol. The van der Waals surface area contributed by atoms with Gasteiger partial charge in [-0.1, -0.05) is 22.9 Å². The normalized spacial score (nSPS) is 10.3. The molecule has 0 amide bonds. The average molecular weight is 284 g/mol. The van der Waals surface area contributed by atoms with Crippen molar-refractivity contribution in [2.75, 3.05) is 5.32 Å². The van der Waals surface area contributed by atoms with E-state index in [9.17, 15) is 10.1 Å². The van der Waals surface area contributed by atoms with Gasteiger partial charge in [0.15, 0.2) is 5.15 Å². The molecule has 2 rings (SSSR count). The first-order valence-electron chi connectivity index (χ1n) is 5.14. The van der Waals surface area contributed by atoms with Gasteiger partial charge >= 0.3 is 5.00 Å². The van der Waals surface area contributed by atoms with E-state index in [4.69, 9.17) is 11.6 Å². The summed E-state index contributed by atoms with van der Waals surface area (Å²) in [5, 5.41) is 15.9. The topological polar surface area (TPSA) is 68.1 Å². The van der Waals surface area contributed by atoms with E-state index in [0.29, 0.717) is 11.7 Å². The number of aromatic nitrogens is 1. The highest BCUT2D eigenvalue weighted by molar-refractivity contribution is 7.13. The first-order chi connectivity index (χ1) is 8.56. The van der Waals surface area contributed by atoms with Crippen molar-refractivity contribution in [3.05, 3.63) is 50.1 Å². The van der Waals surface area contributed by atoms with Crippen molar-refractivity contribution < 1.29 is 4.92 Å². The Balaban J connectivity index is 2.06. The second-order valence-electron chi connectivity index (χ2n) is 3.75. The van der Waals surface area contributed by atoms with Gasteiger partial charge < -0.3 is 5.32 Å². The second-order valence-corrected chi connectivity index (χ2v) is 5.00. The quantitative estimate of drug-likeness (QED) is 0.528. The van der Waals surface area contributed by atoms with Crippen LogP contribution in [-0.2, 0) is 6.54 Å². The molecule has 94 valence electrons. The molecule has 2 heterocycles. The zero-order valence-corrected chi connectivity index (χ0v) is 11.1. The van der Waals surface area contributed by atoms with E-state index in [1.54, 1.807) is 17.6 Å². The Morgan fingerprint density at radius 3 is 3.00 bits per heavy atom. The van der Waals surface area contributed by atoms with Crippen molar-refractivity contribution >= 4 is 33.6 Å². The van der Waals surface area contributed by atoms with Gasteiger partial charge in [-0.05, 0) is 24.1 Å². The Labute approximate surface area is 113 Å². The smallest absolute Gasteiger partial charge is 0.324 e. The summed E-state index contributed by atoms with van der Waals surface area (Å²) in [6.07, 6.45) is 1.68.